The minimum absolute atomic E-state index is 0.150. The van der Waals surface area contributed by atoms with E-state index in [1.54, 1.807) is 0 Å². The maximum Gasteiger partial charge on any atom is 0.326 e. The zero-order chi connectivity index (χ0) is 17.1. The number of aryl methyl sites for hydroxylation is 1. The summed E-state index contributed by atoms with van der Waals surface area (Å²) in [6.07, 6.45) is -2.25. The van der Waals surface area contributed by atoms with Crippen LogP contribution in [-0.2, 0) is 21.3 Å². The molecule has 128 valence electrons. The summed E-state index contributed by atoms with van der Waals surface area (Å²) in [5.41, 5.74) is 0.0397. The Bertz CT molecular complexity index is 687. The molecule has 0 aromatic carbocycles. The zero-order valence-electron chi connectivity index (χ0n) is 12.7. The number of aromatic nitrogens is 2. The fourth-order valence-corrected chi connectivity index (χ4v) is 2.61. The van der Waals surface area contributed by atoms with Gasteiger partial charge in [-0.05, 0) is 0 Å². The second-order valence-corrected chi connectivity index (χ2v) is 5.58. The highest BCUT2D eigenvalue weighted by atomic mass is 32.1. The van der Waals surface area contributed by atoms with Crippen molar-refractivity contribution in [1.29, 1.82) is 0 Å². The van der Waals surface area contributed by atoms with Crippen molar-refractivity contribution in [2.24, 2.45) is 7.05 Å². The lowest BCUT2D eigenvalue weighted by Crippen LogP contribution is -2.37. The number of amides is 1. The number of rotatable bonds is 5. The normalized spacial score (nSPS) is 27.1. The molecule has 1 aliphatic rings. The number of H-pyrrole nitrogens is 1. The quantitative estimate of drug-likeness (QED) is 0.472. The third-order valence-electron chi connectivity index (χ3n) is 3.65. The molecule has 1 aromatic heterocycles. The van der Waals surface area contributed by atoms with E-state index >= 15 is 0 Å². The van der Waals surface area contributed by atoms with Gasteiger partial charge in [0.2, 0.25) is 5.91 Å². The number of aliphatic hydroxyl groups excluding tert-OH is 2. The number of carbonyl (C=O) groups excluding carboxylic acids is 1. The minimum Gasteiger partial charge on any atom is -0.394 e. The Morgan fingerprint density at radius 2 is 2.30 bits per heavy atom. The average molecular weight is 345 g/mol. The van der Waals surface area contributed by atoms with Crippen molar-refractivity contribution < 1.29 is 24.5 Å². The lowest BCUT2D eigenvalue weighted by Gasteiger charge is -2.21. The third-order valence-corrected chi connectivity index (χ3v) is 3.98. The molecule has 1 saturated heterocycles. The first-order chi connectivity index (χ1) is 10.9. The zero-order valence-corrected chi connectivity index (χ0v) is 13.5. The van der Waals surface area contributed by atoms with Gasteiger partial charge in [0, 0.05) is 25.9 Å². The van der Waals surface area contributed by atoms with Gasteiger partial charge in [0.1, 0.15) is 35.7 Å². The van der Waals surface area contributed by atoms with Gasteiger partial charge in [-0.3, -0.25) is 9.78 Å². The first kappa shape index (κ1) is 17.8. The van der Waals surface area contributed by atoms with E-state index in [0.717, 1.165) is 0 Å². The molecule has 1 aliphatic heterocycles. The molecule has 1 fully saturated rings. The van der Waals surface area contributed by atoms with Gasteiger partial charge in [-0.15, -0.1) is 0 Å². The number of aliphatic hydroxyl groups is 2. The van der Waals surface area contributed by atoms with Crippen molar-refractivity contribution in [3.8, 4) is 0 Å². The number of carbonyl (C=O) groups is 1. The van der Waals surface area contributed by atoms with Crippen LogP contribution in [-0.4, -0.2) is 64.2 Å². The molecule has 9 nitrogen and oxygen atoms in total. The highest BCUT2D eigenvalue weighted by Crippen LogP contribution is 2.35. The standard InChI is InChI=1S/C13H19N3O6S/c1-14-8(18)5-21-11-9(19)7(4-17)22-10(11)6-3-16(2)13(20)15-12(6)23/h3,7,9-11,17,19H,4-5H2,1-2H3,(H,14,18)(H,15,20,23)/t7-,9?,10+,11?/m1/s1. The van der Waals surface area contributed by atoms with Gasteiger partial charge in [-0.1, -0.05) is 12.2 Å². The van der Waals surface area contributed by atoms with Crippen LogP contribution in [0.4, 0.5) is 0 Å². The van der Waals surface area contributed by atoms with Crippen LogP contribution in [0.2, 0.25) is 0 Å². The predicted molar refractivity (Wildman–Crippen MR) is 81.4 cm³/mol. The van der Waals surface area contributed by atoms with Crippen LogP contribution in [0, 0.1) is 4.64 Å². The summed E-state index contributed by atoms with van der Waals surface area (Å²) in [6, 6.07) is 0. The van der Waals surface area contributed by atoms with E-state index in [9.17, 15) is 19.8 Å². The van der Waals surface area contributed by atoms with Gasteiger partial charge in [0.15, 0.2) is 0 Å². The van der Waals surface area contributed by atoms with E-state index in [1.807, 2.05) is 0 Å². The van der Waals surface area contributed by atoms with Gasteiger partial charge in [-0.25, -0.2) is 4.79 Å². The van der Waals surface area contributed by atoms with Gasteiger partial charge < -0.3 is 29.6 Å². The molecule has 1 amide bonds. The number of hydrogen-bond acceptors (Lipinski definition) is 7. The van der Waals surface area contributed by atoms with Crippen molar-refractivity contribution in [1.82, 2.24) is 14.9 Å². The fourth-order valence-electron chi connectivity index (χ4n) is 2.35. The Hall–Kier alpha value is -1.59. The molecule has 1 aromatic rings. The van der Waals surface area contributed by atoms with Crippen LogP contribution in [0.3, 0.4) is 0 Å². The molecule has 2 rings (SSSR count). The lowest BCUT2D eigenvalue weighted by molar-refractivity contribution is -0.130. The number of aromatic amines is 1. The summed E-state index contributed by atoms with van der Waals surface area (Å²) in [5.74, 6) is -0.367. The molecule has 2 heterocycles. The van der Waals surface area contributed by atoms with Crippen LogP contribution >= 0.6 is 12.2 Å². The molecule has 10 heteroatoms. The fraction of sp³-hybridized carbons (Fsp3) is 0.615. The molecule has 0 aliphatic carbocycles. The summed E-state index contributed by atoms with van der Waals surface area (Å²) in [7, 11) is 3.00. The van der Waals surface area contributed by atoms with Crippen molar-refractivity contribution >= 4 is 18.1 Å². The van der Waals surface area contributed by atoms with Crippen molar-refractivity contribution in [2.75, 3.05) is 20.3 Å². The van der Waals surface area contributed by atoms with Gasteiger partial charge >= 0.3 is 5.69 Å². The monoisotopic (exact) mass is 345 g/mol. The summed E-state index contributed by atoms with van der Waals surface area (Å²) >= 11 is 5.13. The summed E-state index contributed by atoms with van der Waals surface area (Å²) in [6.45, 7) is -0.696. The Morgan fingerprint density at radius 3 is 2.91 bits per heavy atom. The summed E-state index contributed by atoms with van der Waals surface area (Å²) in [5, 5.41) is 21.9. The summed E-state index contributed by atoms with van der Waals surface area (Å²) in [4.78, 5) is 25.4. The third kappa shape index (κ3) is 3.67. The molecule has 0 bridgehead atoms. The minimum atomic E-state index is -1.14. The number of nitrogens with zero attached hydrogens (tertiary/aromatic N) is 1. The van der Waals surface area contributed by atoms with Gasteiger partial charge in [0.05, 0.1) is 6.61 Å². The van der Waals surface area contributed by atoms with Crippen LogP contribution in [0.25, 0.3) is 0 Å². The number of ether oxygens (including phenoxy) is 2. The first-order valence-corrected chi connectivity index (χ1v) is 7.36. The first-order valence-electron chi connectivity index (χ1n) is 6.95. The maximum atomic E-state index is 11.6. The molecule has 0 radical (unpaired) electrons. The van der Waals surface area contributed by atoms with E-state index in [1.165, 1.54) is 24.9 Å². The smallest absolute Gasteiger partial charge is 0.326 e. The lowest BCUT2D eigenvalue weighted by atomic mass is 10.0. The second kappa shape index (κ2) is 7.32. The van der Waals surface area contributed by atoms with Crippen molar-refractivity contribution in [2.45, 2.75) is 24.4 Å². The van der Waals surface area contributed by atoms with Crippen molar-refractivity contribution in [3.63, 3.8) is 0 Å². The Morgan fingerprint density at radius 1 is 1.61 bits per heavy atom. The number of nitrogens with one attached hydrogen (secondary N) is 2. The average Bonchev–Trinajstić information content (AvgIpc) is 2.84. The molecular formula is C13H19N3O6S. The Labute approximate surface area is 136 Å². The van der Waals surface area contributed by atoms with Crippen LogP contribution in [0.5, 0.6) is 0 Å². The highest BCUT2D eigenvalue weighted by molar-refractivity contribution is 7.71. The molecular weight excluding hydrogens is 326 g/mol. The van der Waals surface area contributed by atoms with Crippen LogP contribution in [0.15, 0.2) is 11.0 Å². The molecule has 4 atom stereocenters. The Balaban J connectivity index is 2.33. The van der Waals surface area contributed by atoms with E-state index in [-0.39, 0.29) is 22.8 Å². The van der Waals surface area contributed by atoms with Gasteiger partial charge in [0.25, 0.3) is 0 Å². The molecule has 0 saturated carbocycles. The predicted octanol–water partition coefficient (Wildman–Crippen LogP) is -1.63. The molecule has 0 spiro atoms. The van der Waals surface area contributed by atoms with E-state index < -0.39 is 31.0 Å². The van der Waals surface area contributed by atoms with Gasteiger partial charge in [-0.2, -0.15) is 0 Å². The van der Waals surface area contributed by atoms with E-state index in [2.05, 4.69) is 10.3 Å². The van der Waals surface area contributed by atoms with E-state index in [4.69, 9.17) is 21.7 Å². The van der Waals surface area contributed by atoms with Crippen LogP contribution in [0.1, 0.15) is 11.7 Å². The molecule has 4 N–H and O–H groups in total. The van der Waals surface area contributed by atoms with E-state index in [0.29, 0.717) is 5.56 Å². The molecule has 23 heavy (non-hydrogen) atoms. The molecule has 2 unspecified atom stereocenters. The highest BCUT2D eigenvalue weighted by Gasteiger charge is 2.45. The SMILES string of the molecule is CNC(=O)COC1C(O)[C@@H](CO)O[C@H]1c1cn(C)c(=O)[nH]c1=S. The number of hydrogen-bond donors (Lipinski definition) is 4. The second-order valence-electron chi connectivity index (χ2n) is 5.17. The van der Waals surface area contributed by atoms with Crippen LogP contribution < -0.4 is 11.0 Å². The number of likely N-dealkylation sites (N-methyl/N-ethyl adjacent to an activating group) is 1. The summed E-state index contributed by atoms with van der Waals surface area (Å²) < 4.78 is 12.5. The topological polar surface area (TPSA) is 126 Å². The van der Waals surface area contributed by atoms with Crippen molar-refractivity contribution in [3.05, 3.63) is 26.9 Å². The largest absolute Gasteiger partial charge is 0.394 e. The Kier molecular flexibility index (Phi) is 5.65. The maximum absolute atomic E-state index is 11.6.